The zero-order chi connectivity index (χ0) is 12.1. The summed E-state index contributed by atoms with van der Waals surface area (Å²) in [5.74, 6) is 0.331. The molecule has 1 amide bonds. The maximum atomic E-state index is 11.9. The lowest BCUT2D eigenvalue weighted by atomic mass is 10.1. The lowest BCUT2D eigenvalue weighted by molar-refractivity contribution is 0.0931. The minimum absolute atomic E-state index is 0.0846. The van der Waals surface area contributed by atoms with Crippen molar-refractivity contribution in [1.29, 1.82) is 0 Å². The van der Waals surface area contributed by atoms with Crippen LogP contribution < -0.4 is 10.6 Å². The molecule has 0 radical (unpaired) electrons. The summed E-state index contributed by atoms with van der Waals surface area (Å²) in [4.78, 5) is 15.9. The Labute approximate surface area is 96.5 Å². The normalized spacial score (nSPS) is 12.3. The van der Waals surface area contributed by atoms with Crippen molar-refractivity contribution in [3.8, 4) is 0 Å². The van der Waals surface area contributed by atoms with Gasteiger partial charge in [0.15, 0.2) is 0 Å². The topological polar surface area (TPSA) is 54.0 Å². The SMILES string of the molecule is CNc1ccncc1C(=O)NC(C)C(C)C. The highest BCUT2D eigenvalue weighted by atomic mass is 16.1. The first-order valence-corrected chi connectivity index (χ1v) is 5.49. The van der Waals surface area contributed by atoms with E-state index < -0.39 is 0 Å². The number of pyridine rings is 1. The molecule has 4 heteroatoms. The van der Waals surface area contributed by atoms with Crippen molar-refractivity contribution in [2.75, 3.05) is 12.4 Å². The summed E-state index contributed by atoms with van der Waals surface area (Å²) in [6.45, 7) is 6.15. The van der Waals surface area contributed by atoms with Crippen molar-refractivity contribution in [3.05, 3.63) is 24.0 Å². The van der Waals surface area contributed by atoms with Gasteiger partial charge in [-0.2, -0.15) is 0 Å². The van der Waals surface area contributed by atoms with Crippen molar-refractivity contribution in [2.24, 2.45) is 5.92 Å². The molecule has 0 aromatic carbocycles. The quantitative estimate of drug-likeness (QED) is 0.816. The average Bonchev–Trinajstić information content (AvgIpc) is 2.28. The van der Waals surface area contributed by atoms with Gasteiger partial charge in [0.25, 0.3) is 5.91 Å². The van der Waals surface area contributed by atoms with Crippen LogP contribution in [0.1, 0.15) is 31.1 Å². The Bertz CT molecular complexity index is 363. The van der Waals surface area contributed by atoms with Crippen LogP contribution in [-0.2, 0) is 0 Å². The van der Waals surface area contributed by atoms with E-state index in [9.17, 15) is 4.79 Å². The van der Waals surface area contributed by atoms with Crippen molar-refractivity contribution in [1.82, 2.24) is 10.3 Å². The van der Waals surface area contributed by atoms with Gasteiger partial charge in [0.1, 0.15) is 0 Å². The van der Waals surface area contributed by atoms with E-state index in [1.165, 1.54) is 0 Å². The molecule has 1 aromatic rings. The Morgan fingerprint density at radius 2 is 2.06 bits per heavy atom. The number of anilines is 1. The number of rotatable bonds is 4. The smallest absolute Gasteiger partial charge is 0.255 e. The van der Waals surface area contributed by atoms with E-state index in [0.29, 0.717) is 11.5 Å². The lowest BCUT2D eigenvalue weighted by Gasteiger charge is -2.18. The Kier molecular flexibility index (Phi) is 4.28. The third-order valence-electron chi connectivity index (χ3n) is 2.69. The van der Waals surface area contributed by atoms with Crippen LogP contribution in [0.3, 0.4) is 0 Å². The minimum atomic E-state index is -0.0846. The van der Waals surface area contributed by atoms with Crippen LogP contribution in [-0.4, -0.2) is 24.0 Å². The highest BCUT2D eigenvalue weighted by molar-refractivity contribution is 5.99. The van der Waals surface area contributed by atoms with Crippen LogP contribution in [0.15, 0.2) is 18.5 Å². The maximum absolute atomic E-state index is 11.9. The van der Waals surface area contributed by atoms with Gasteiger partial charge >= 0.3 is 0 Å². The number of nitrogens with zero attached hydrogens (tertiary/aromatic N) is 1. The molecular weight excluding hydrogens is 202 g/mol. The van der Waals surface area contributed by atoms with E-state index in [2.05, 4.69) is 29.5 Å². The molecule has 0 saturated carbocycles. The molecule has 1 aromatic heterocycles. The fraction of sp³-hybridized carbons (Fsp3) is 0.500. The largest absolute Gasteiger partial charge is 0.387 e. The zero-order valence-corrected chi connectivity index (χ0v) is 10.2. The highest BCUT2D eigenvalue weighted by Crippen LogP contribution is 2.13. The third kappa shape index (κ3) is 2.95. The molecule has 0 fully saturated rings. The van der Waals surface area contributed by atoms with Gasteiger partial charge in [-0.1, -0.05) is 13.8 Å². The van der Waals surface area contributed by atoms with Crippen molar-refractivity contribution < 1.29 is 4.79 Å². The Morgan fingerprint density at radius 1 is 1.38 bits per heavy atom. The van der Waals surface area contributed by atoms with Gasteiger partial charge < -0.3 is 10.6 Å². The summed E-state index contributed by atoms with van der Waals surface area (Å²) in [6, 6.07) is 1.94. The first-order chi connectivity index (χ1) is 7.56. The van der Waals surface area contributed by atoms with Crippen molar-refractivity contribution in [3.63, 3.8) is 0 Å². The van der Waals surface area contributed by atoms with Crippen LogP contribution in [0, 0.1) is 5.92 Å². The van der Waals surface area contributed by atoms with E-state index in [1.807, 2.05) is 6.92 Å². The van der Waals surface area contributed by atoms with E-state index in [0.717, 1.165) is 5.69 Å². The molecule has 1 heterocycles. The number of carbonyl (C=O) groups is 1. The molecule has 2 N–H and O–H groups in total. The Morgan fingerprint density at radius 3 is 2.62 bits per heavy atom. The molecule has 0 saturated heterocycles. The first kappa shape index (κ1) is 12.5. The molecule has 1 unspecified atom stereocenters. The van der Waals surface area contributed by atoms with Crippen LogP contribution in [0.2, 0.25) is 0 Å². The predicted molar refractivity (Wildman–Crippen MR) is 65.5 cm³/mol. The number of hydrogen-bond donors (Lipinski definition) is 2. The molecule has 0 aliphatic carbocycles. The summed E-state index contributed by atoms with van der Waals surface area (Å²) < 4.78 is 0. The number of nitrogens with one attached hydrogen (secondary N) is 2. The van der Waals surface area contributed by atoms with E-state index in [1.54, 1.807) is 25.5 Å². The van der Waals surface area contributed by atoms with Gasteiger partial charge in [-0.15, -0.1) is 0 Å². The molecule has 1 rings (SSSR count). The van der Waals surface area contributed by atoms with Gasteiger partial charge in [0.05, 0.1) is 5.56 Å². The first-order valence-electron chi connectivity index (χ1n) is 5.49. The van der Waals surface area contributed by atoms with Crippen molar-refractivity contribution in [2.45, 2.75) is 26.8 Å². The van der Waals surface area contributed by atoms with Crippen molar-refractivity contribution >= 4 is 11.6 Å². The Balaban J connectivity index is 2.80. The minimum Gasteiger partial charge on any atom is -0.387 e. The van der Waals surface area contributed by atoms with Crippen LogP contribution >= 0.6 is 0 Å². The average molecular weight is 221 g/mol. The predicted octanol–water partition coefficient (Wildman–Crippen LogP) is 1.90. The number of amides is 1. The number of carbonyl (C=O) groups excluding carboxylic acids is 1. The summed E-state index contributed by atoms with van der Waals surface area (Å²) in [5, 5.41) is 5.93. The summed E-state index contributed by atoms with van der Waals surface area (Å²) in [5.41, 5.74) is 1.38. The number of aromatic nitrogens is 1. The van der Waals surface area contributed by atoms with E-state index in [-0.39, 0.29) is 11.9 Å². The maximum Gasteiger partial charge on any atom is 0.255 e. The second-order valence-electron chi connectivity index (χ2n) is 4.18. The Hall–Kier alpha value is -1.58. The molecule has 88 valence electrons. The van der Waals surface area contributed by atoms with E-state index >= 15 is 0 Å². The standard InChI is InChI=1S/C12H19N3O/c1-8(2)9(3)15-12(16)10-7-14-6-5-11(10)13-4/h5-9H,1-4H3,(H,13,14)(H,15,16). The van der Waals surface area contributed by atoms with Gasteiger partial charge in [0, 0.05) is 31.2 Å². The van der Waals surface area contributed by atoms with E-state index in [4.69, 9.17) is 0 Å². The molecule has 0 spiro atoms. The zero-order valence-electron chi connectivity index (χ0n) is 10.2. The summed E-state index contributed by atoms with van der Waals surface area (Å²) >= 11 is 0. The fourth-order valence-electron chi connectivity index (χ4n) is 1.24. The fourth-order valence-corrected chi connectivity index (χ4v) is 1.24. The molecule has 0 aliphatic rings. The van der Waals surface area contributed by atoms with Gasteiger partial charge in [0.2, 0.25) is 0 Å². The lowest BCUT2D eigenvalue weighted by Crippen LogP contribution is -2.36. The molecular formula is C12H19N3O. The van der Waals surface area contributed by atoms with Crippen LogP contribution in [0.5, 0.6) is 0 Å². The third-order valence-corrected chi connectivity index (χ3v) is 2.69. The summed E-state index contributed by atoms with van der Waals surface area (Å²) in [7, 11) is 1.79. The van der Waals surface area contributed by atoms with Gasteiger partial charge in [-0.05, 0) is 18.9 Å². The molecule has 4 nitrogen and oxygen atoms in total. The molecule has 16 heavy (non-hydrogen) atoms. The molecule has 1 atom stereocenters. The highest BCUT2D eigenvalue weighted by Gasteiger charge is 2.15. The van der Waals surface area contributed by atoms with Gasteiger partial charge in [-0.3, -0.25) is 9.78 Å². The van der Waals surface area contributed by atoms with Gasteiger partial charge in [-0.25, -0.2) is 0 Å². The monoisotopic (exact) mass is 221 g/mol. The second-order valence-corrected chi connectivity index (χ2v) is 4.18. The molecule has 0 bridgehead atoms. The van der Waals surface area contributed by atoms with Crippen LogP contribution in [0.25, 0.3) is 0 Å². The second kappa shape index (κ2) is 5.49. The summed E-state index contributed by atoms with van der Waals surface area (Å²) in [6.07, 6.45) is 3.24. The molecule has 0 aliphatic heterocycles. The number of hydrogen-bond acceptors (Lipinski definition) is 3. The van der Waals surface area contributed by atoms with Crippen LogP contribution in [0.4, 0.5) is 5.69 Å².